The third-order valence-electron chi connectivity index (χ3n) is 5.38. The monoisotopic (exact) mass is 277 g/mol. The molecule has 0 aliphatic heterocycles. The second-order valence-corrected chi connectivity index (χ2v) is 6.95. The van der Waals surface area contributed by atoms with E-state index in [2.05, 4.69) is 31.4 Å². The molecule has 19 heavy (non-hydrogen) atoms. The summed E-state index contributed by atoms with van der Waals surface area (Å²) in [5.74, 6) is 2.98. The molecule has 2 saturated carbocycles. The minimum Gasteiger partial charge on any atom is -0.313 e. The van der Waals surface area contributed by atoms with Crippen molar-refractivity contribution in [2.45, 2.75) is 45.1 Å². The molecular weight excluding hydrogens is 254 g/mol. The van der Waals surface area contributed by atoms with Crippen molar-refractivity contribution < 1.29 is 0 Å². The highest BCUT2D eigenvalue weighted by atomic mass is 35.5. The Hall–Kier alpha value is -0.530. The van der Waals surface area contributed by atoms with E-state index in [0.29, 0.717) is 6.04 Å². The maximum atomic E-state index is 6.07. The second kappa shape index (κ2) is 5.46. The molecule has 0 amide bonds. The van der Waals surface area contributed by atoms with E-state index in [1.54, 1.807) is 0 Å². The lowest BCUT2D eigenvalue weighted by atomic mass is 9.82. The van der Waals surface area contributed by atoms with Crippen molar-refractivity contribution in [1.82, 2.24) is 5.32 Å². The molecule has 2 fully saturated rings. The molecule has 0 heterocycles. The zero-order valence-corrected chi connectivity index (χ0v) is 12.7. The maximum absolute atomic E-state index is 6.07. The number of hydrogen-bond donors (Lipinski definition) is 1. The summed E-state index contributed by atoms with van der Waals surface area (Å²) in [5, 5.41) is 4.37. The van der Waals surface area contributed by atoms with Crippen LogP contribution >= 0.6 is 11.6 Å². The normalized spacial score (nSPS) is 30.8. The van der Waals surface area contributed by atoms with Gasteiger partial charge < -0.3 is 5.32 Å². The largest absolute Gasteiger partial charge is 0.313 e. The predicted octanol–water partition coefficient (Wildman–Crippen LogP) is 4.74. The summed E-state index contributed by atoms with van der Waals surface area (Å²) in [6.45, 7) is 2.17. The number of halogens is 1. The summed E-state index contributed by atoms with van der Waals surface area (Å²) in [6.07, 6.45) is 7.23. The Labute approximate surface area is 121 Å². The molecule has 0 radical (unpaired) electrons. The quantitative estimate of drug-likeness (QED) is 0.839. The van der Waals surface area contributed by atoms with Crippen molar-refractivity contribution in [3.63, 3.8) is 0 Å². The Morgan fingerprint density at radius 2 is 2.16 bits per heavy atom. The van der Waals surface area contributed by atoms with Crippen LogP contribution in [0, 0.1) is 24.7 Å². The molecule has 1 aromatic rings. The Bertz CT molecular complexity index is 457. The summed E-state index contributed by atoms with van der Waals surface area (Å²) in [4.78, 5) is 0. The van der Waals surface area contributed by atoms with Gasteiger partial charge in [0.1, 0.15) is 0 Å². The van der Waals surface area contributed by atoms with Crippen LogP contribution in [0.25, 0.3) is 0 Å². The molecule has 1 nitrogen and oxygen atoms in total. The van der Waals surface area contributed by atoms with E-state index in [-0.39, 0.29) is 0 Å². The van der Waals surface area contributed by atoms with Crippen LogP contribution in [0.15, 0.2) is 18.2 Å². The Kier molecular flexibility index (Phi) is 3.86. The lowest BCUT2D eigenvalue weighted by Gasteiger charge is -2.27. The first-order valence-corrected chi connectivity index (χ1v) is 7.98. The van der Waals surface area contributed by atoms with Crippen molar-refractivity contribution >= 4 is 11.6 Å². The van der Waals surface area contributed by atoms with Gasteiger partial charge in [-0.05, 0) is 80.7 Å². The molecule has 4 atom stereocenters. The van der Waals surface area contributed by atoms with E-state index in [1.807, 2.05) is 6.07 Å². The van der Waals surface area contributed by atoms with Gasteiger partial charge >= 0.3 is 0 Å². The molecule has 2 aliphatic carbocycles. The smallest absolute Gasteiger partial charge is 0.0408 e. The summed E-state index contributed by atoms with van der Waals surface area (Å²) in [5.41, 5.74) is 2.74. The van der Waals surface area contributed by atoms with E-state index in [4.69, 9.17) is 11.6 Å². The lowest BCUT2D eigenvalue weighted by Crippen LogP contribution is -2.23. The van der Waals surface area contributed by atoms with Gasteiger partial charge in [-0.25, -0.2) is 0 Å². The molecule has 0 aromatic heterocycles. The SMILES string of the molecule is CNC(CC1CC2CCC1C2)c1ccc(Cl)cc1C. The first kappa shape index (κ1) is 13.5. The number of hydrogen-bond acceptors (Lipinski definition) is 1. The summed E-state index contributed by atoms with van der Waals surface area (Å²) < 4.78 is 0. The standard InChI is InChI=1S/C17H24ClN/c1-11-7-15(18)5-6-16(11)17(19-2)10-14-9-12-3-4-13(14)8-12/h5-7,12-14,17,19H,3-4,8-10H2,1-2H3. The minimum atomic E-state index is 0.488. The highest BCUT2D eigenvalue weighted by Crippen LogP contribution is 2.51. The minimum absolute atomic E-state index is 0.488. The van der Waals surface area contributed by atoms with E-state index >= 15 is 0 Å². The van der Waals surface area contributed by atoms with E-state index in [1.165, 1.54) is 43.2 Å². The zero-order valence-electron chi connectivity index (χ0n) is 12.0. The van der Waals surface area contributed by atoms with Gasteiger partial charge in [-0.15, -0.1) is 0 Å². The molecule has 104 valence electrons. The molecule has 2 bridgehead atoms. The fourth-order valence-electron chi connectivity index (χ4n) is 4.40. The number of aryl methyl sites for hydroxylation is 1. The summed E-state index contributed by atoms with van der Waals surface area (Å²) >= 11 is 6.07. The molecule has 2 heteroatoms. The average molecular weight is 278 g/mol. The molecule has 0 spiro atoms. The Morgan fingerprint density at radius 3 is 2.74 bits per heavy atom. The number of nitrogens with one attached hydrogen (secondary N) is 1. The van der Waals surface area contributed by atoms with Gasteiger partial charge in [0, 0.05) is 11.1 Å². The van der Waals surface area contributed by atoms with Gasteiger partial charge in [-0.3, -0.25) is 0 Å². The van der Waals surface area contributed by atoms with Crippen molar-refractivity contribution in [2.75, 3.05) is 7.05 Å². The van der Waals surface area contributed by atoms with Crippen LogP contribution in [0.5, 0.6) is 0 Å². The van der Waals surface area contributed by atoms with E-state index in [0.717, 1.165) is 22.8 Å². The number of fused-ring (bicyclic) bond motifs is 2. The van der Waals surface area contributed by atoms with Crippen LogP contribution in [0.2, 0.25) is 5.02 Å². The number of rotatable bonds is 4. The summed E-state index contributed by atoms with van der Waals surface area (Å²) in [7, 11) is 2.09. The van der Waals surface area contributed by atoms with Gasteiger partial charge in [-0.2, -0.15) is 0 Å². The van der Waals surface area contributed by atoms with E-state index < -0.39 is 0 Å². The third-order valence-corrected chi connectivity index (χ3v) is 5.61. The Morgan fingerprint density at radius 1 is 1.32 bits per heavy atom. The van der Waals surface area contributed by atoms with Gasteiger partial charge in [0.2, 0.25) is 0 Å². The highest BCUT2D eigenvalue weighted by Gasteiger charge is 2.40. The molecule has 3 rings (SSSR count). The summed E-state index contributed by atoms with van der Waals surface area (Å²) in [6, 6.07) is 6.80. The van der Waals surface area contributed by atoms with Crippen LogP contribution in [-0.2, 0) is 0 Å². The fourth-order valence-corrected chi connectivity index (χ4v) is 4.62. The topological polar surface area (TPSA) is 12.0 Å². The zero-order chi connectivity index (χ0) is 13.4. The van der Waals surface area contributed by atoms with Crippen molar-refractivity contribution in [3.05, 3.63) is 34.3 Å². The second-order valence-electron chi connectivity index (χ2n) is 6.51. The lowest BCUT2D eigenvalue weighted by molar-refractivity contribution is 0.284. The van der Waals surface area contributed by atoms with Crippen LogP contribution in [0.3, 0.4) is 0 Å². The van der Waals surface area contributed by atoms with Crippen LogP contribution in [0.1, 0.15) is 49.3 Å². The first-order valence-electron chi connectivity index (χ1n) is 7.60. The molecular formula is C17H24ClN. The number of benzene rings is 1. The van der Waals surface area contributed by atoms with Gasteiger partial charge in [-0.1, -0.05) is 24.1 Å². The average Bonchev–Trinajstić information content (AvgIpc) is 2.99. The molecule has 0 saturated heterocycles. The molecule has 1 N–H and O–H groups in total. The van der Waals surface area contributed by atoms with Crippen molar-refractivity contribution in [1.29, 1.82) is 0 Å². The van der Waals surface area contributed by atoms with Gasteiger partial charge in [0.25, 0.3) is 0 Å². The van der Waals surface area contributed by atoms with Gasteiger partial charge in [0.05, 0.1) is 0 Å². The molecule has 1 aromatic carbocycles. The highest BCUT2D eigenvalue weighted by molar-refractivity contribution is 6.30. The van der Waals surface area contributed by atoms with Crippen molar-refractivity contribution in [3.8, 4) is 0 Å². The van der Waals surface area contributed by atoms with Crippen molar-refractivity contribution in [2.24, 2.45) is 17.8 Å². The maximum Gasteiger partial charge on any atom is 0.0408 e. The van der Waals surface area contributed by atoms with Crippen LogP contribution < -0.4 is 5.32 Å². The Balaban J connectivity index is 1.73. The molecule has 4 unspecified atom stereocenters. The van der Waals surface area contributed by atoms with E-state index in [9.17, 15) is 0 Å². The fraction of sp³-hybridized carbons (Fsp3) is 0.647. The first-order chi connectivity index (χ1) is 9.17. The third kappa shape index (κ3) is 2.68. The van der Waals surface area contributed by atoms with Gasteiger partial charge in [0.15, 0.2) is 0 Å². The van der Waals surface area contributed by atoms with Crippen LogP contribution in [0.4, 0.5) is 0 Å². The molecule has 2 aliphatic rings. The van der Waals surface area contributed by atoms with Crippen LogP contribution in [-0.4, -0.2) is 7.05 Å². The predicted molar refractivity (Wildman–Crippen MR) is 81.5 cm³/mol.